The molecule has 2 aromatic heterocycles. The molecule has 7 nitrogen and oxygen atoms in total. The second-order valence-electron chi connectivity index (χ2n) is 6.57. The molecule has 8 heteroatoms. The highest BCUT2D eigenvalue weighted by atomic mass is 32.1. The zero-order valence-corrected chi connectivity index (χ0v) is 18.3. The van der Waals surface area contributed by atoms with E-state index < -0.39 is 0 Å². The number of thiazole rings is 1. The molecule has 0 bridgehead atoms. The lowest BCUT2D eigenvalue weighted by Gasteiger charge is -2.20. The summed E-state index contributed by atoms with van der Waals surface area (Å²) in [6, 6.07) is 14.5. The number of ether oxygens (including phenoxy) is 3. The van der Waals surface area contributed by atoms with Crippen LogP contribution in [0.2, 0.25) is 0 Å². The van der Waals surface area contributed by atoms with Crippen molar-refractivity contribution < 1.29 is 23.4 Å². The molecular weight excluding hydrogens is 416 g/mol. The van der Waals surface area contributed by atoms with Crippen molar-refractivity contribution >= 4 is 32.6 Å². The number of furan rings is 1. The minimum atomic E-state index is -0.274. The summed E-state index contributed by atoms with van der Waals surface area (Å²) >= 11 is 1.41. The van der Waals surface area contributed by atoms with E-state index in [2.05, 4.69) is 0 Å². The fourth-order valence-corrected chi connectivity index (χ4v) is 4.19. The first kappa shape index (κ1) is 20.7. The number of fused-ring (bicyclic) bond motifs is 1. The van der Waals surface area contributed by atoms with Gasteiger partial charge in [0.25, 0.3) is 5.91 Å². The van der Waals surface area contributed by atoms with Crippen LogP contribution in [-0.4, -0.2) is 31.7 Å². The minimum absolute atomic E-state index is 0.218. The van der Waals surface area contributed by atoms with Crippen LogP contribution in [0.3, 0.4) is 0 Å². The Bertz CT molecular complexity index is 1190. The summed E-state index contributed by atoms with van der Waals surface area (Å²) in [6.45, 7) is 2.67. The number of aromatic nitrogens is 1. The molecule has 0 saturated carbocycles. The predicted molar refractivity (Wildman–Crippen MR) is 120 cm³/mol. The maximum Gasteiger partial charge on any atom is 0.264 e. The first-order valence-electron chi connectivity index (χ1n) is 9.73. The third kappa shape index (κ3) is 4.20. The summed E-state index contributed by atoms with van der Waals surface area (Å²) < 4.78 is 22.9. The quantitative estimate of drug-likeness (QED) is 0.379. The van der Waals surface area contributed by atoms with Crippen LogP contribution in [-0.2, 0) is 6.54 Å². The molecule has 0 aliphatic rings. The van der Waals surface area contributed by atoms with Crippen molar-refractivity contribution in [1.82, 2.24) is 4.98 Å². The van der Waals surface area contributed by atoms with Crippen molar-refractivity contribution in [2.45, 2.75) is 13.5 Å². The largest absolute Gasteiger partial charge is 0.497 e. The zero-order chi connectivity index (χ0) is 21.8. The van der Waals surface area contributed by atoms with Crippen LogP contribution < -0.4 is 19.1 Å². The molecule has 0 aliphatic carbocycles. The number of nitrogens with zero attached hydrogens (tertiary/aromatic N) is 2. The molecule has 4 aromatic rings. The average molecular weight is 439 g/mol. The Kier molecular flexibility index (Phi) is 6.08. The number of rotatable bonds is 8. The lowest BCUT2D eigenvalue weighted by molar-refractivity contribution is 0.0980. The lowest BCUT2D eigenvalue weighted by Crippen LogP contribution is -2.30. The summed E-state index contributed by atoms with van der Waals surface area (Å²) in [5.74, 6) is 2.06. The van der Waals surface area contributed by atoms with E-state index in [1.807, 2.05) is 31.2 Å². The molecule has 2 aromatic carbocycles. The normalized spacial score (nSPS) is 10.8. The third-order valence-corrected chi connectivity index (χ3v) is 5.72. The number of benzene rings is 2. The van der Waals surface area contributed by atoms with Crippen LogP contribution in [0.5, 0.6) is 17.2 Å². The van der Waals surface area contributed by atoms with Gasteiger partial charge in [0.1, 0.15) is 28.5 Å². The van der Waals surface area contributed by atoms with Crippen molar-refractivity contribution in [1.29, 1.82) is 0 Å². The van der Waals surface area contributed by atoms with Crippen molar-refractivity contribution in [3.63, 3.8) is 0 Å². The molecule has 0 spiro atoms. The molecule has 160 valence electrons. The van der Waals surface area contributed by atoms with E-state index >= 15 is 0 Å². The van der Waals surface area contributed by atoms with E-state index in [1.165, 1.54) is 18.4 Å². The lowest BCUT2D eigenvalue weighted by atomic mass is 10.1. The van der Waals surface area contributed by atoms with Crippen molar-refractivity contribution in [2.75, 3.05) is 25.7 Å². The van der Waals surface area contributed by atoms with Gasteiger partial charge < -0.3 is 18.6 Å². The van der Waals surface area contributed by atoms with Crippen LogP contribution in [0.15, 0.2) is 59.2 Å². The van der Waals surface area contributed by atoms with E-state index in [9.17, 15) is 4.79 Å². The summed E-state index contributed by atoms with van der Waals surface area (Å²) in [5.41, 5.74) is 1.09. The van der Waals surface area contributed by atoms with Gasteiger partial charge in [-0.05, 0) is 49.4 Å². The number of carbonyl (C=O) groups is 1. The van der Waals surface area contributed by atoms with E-state index in [1.54, 1.807) is 42.5 Å². The fourth-order valence-electron chi connectivity index (χ4n) is 3.21. The Morgan fingerprint density at radius 3 is 2.68 bits per heavy atom. The monoisotopic (exact) mass is 438 g/mol. The van der Waals surface area contributed by atoms with Gasteiger partial charge in [-0.3, -0.25) is 9.69 Å². The van der Waals surface area contributed by atoms with Gasteiger partial charge in [-0.2, -0.15) is 0 Å². The summed E-state index contributed by atoms with van der Waals surface area (Å²) in [5, 5.41) is 0.536. The second-order valence-corrected chi connectivity index (χ2v) is 7.58. The molecule has 2 heterocycles. The molecular formula is C23H22N2O5S. The Balaban J connectivity index is 1.81. The van der Waals surface area contributed by atoms with Crippen LogP contribution in [0.1, 0.15) is 23.0 Å². The molecule has 31 heavy (non-hydrogen) atoms. The number of anilines is 1. The first-order valence-corrected chi connectivity index (χ1v) is 10.5. The maximum atomic E-state index is 13.7. The molecule has 0 unspecified atom stereocenters. The van der Waals surface area contributed by atoms with Gasteiger partial charge in [-0.25, -0.2) is 4.98 Å². The van der Waals surface area contributed by atoms with Crippen LogP contribution in [0, 0.1) is 0 Å². The molecule has 0 N–H and O–H groups in total. The zero-order valence-electron chi connectivity index (χ0n) is 17.5. The van der Waals surface area contributed by atoms with Gasteiger partial charge >= 0.3 is 0 Å². The highest BCUT2D eigenvalue weighted by Crippen LogP contribution is 2.36. The molecule has 0 atom stereocenters. The molecule has 1 amide bonds. The average Bonchev–Trinajstić information content (AvgIpc) is 3.47. The van der Waals surface area contributed by atoms with Gasteiger partial charge in [-0.15, -0.1) is 0 Å². The third-order valence-electron chi connectivity index (χ3n) is 4.68. The van der Waals surface area contributed by atoms with Crippen LogP contribution in [0.4, 0.5) is 5.13 Å². The molecule has 0 saturated heterocycles. The van der Waals surface area contributed by atoms with E-state index in [-0.39, 0.29) is 12.5 Å². The summed E-state index contributed by atoms with van der Waals surface area (Å²) in [4.78, 5) is 20.0. The van der Waals surface area contributed by atoms with Gasteiger partial charge in [-0.1, -0.05) is 17.4 Å². The van der Waals surface area contributed by atoms with Gasteiger partial charge in [0.05, 0.1) is 43.9 Å². The number of hydrogen-bond acceptors (Lipinski definition) is 7. The fraction of sp³-hybridized carbons (Fsp3) is 0.217. The van der Waals surface area contributed by atoms with Gasteiger partial charge in [0.15, 0.2) is 5.13 Å². The summed E-state index contributed by atoms with van der Waals surface area (Å²) in [7, 11) is 3.08. The molecule has 0 aliphatic heterocycles. The Morgan fingerprint density at radius 2 is 1.97 bits per heavy atom. The number of carbonyl (C=O) groups excluding carboxylic acids is 1. The highest BCUT2D eigenvalue weighted by molar-refractivity contribution is 7.22. The number of methoxy groups -OCH3 is 2. The molecule has 0 fully saturated rings. The second kappa shape index (κ2) is 9.09. The maximum absolute atomic E-state index is 13.7. The highest BCUT2D eigenvalue weighted by Gasteiger charge is 2.26. The molecule has 4 rings (SSSR count). The van der Waals surface area contributed by atoms with Crippen molar-refractivity contribution in [2.24, 2.45) is 0 Å². The van der Waals surface area contributed by atoms with E-state index in [4.69, 9.17) is 23.6 Å². The predicted octanol–water partition coefficient (Wildman–Crippen LogP) is 5.15. The van der Waals surface area contributed by atoms with Crippen molar-refractivity contribution in [3.8, 4) is 17.2 Å². The minimum Gasteiger partial charge on any atom is -0.497 e. The van der Waals surface area contributed by atoms with Gasteiger partial charge in [0, 0.05) is 0 Å². The van der Waals surface area contributed by atoms with Crippen molar-refractivity contribution in [3.05, 3.63) is 66.1 Å². The SMILES string of the molecule is CCOc1cccc2sc(N(Cc3ccco3)C(=O)c3cc(OC)ccc3OC)nc12. The van der Waals surface area contributed by atoms with E-state index in [0.29, 0.717) is 40.3 Å². The number of amides is 1. The Hall–Kier alpha value is -3.52. The first-order chi connectivity index (χ1) is 15.1. The number of para-hydroxylation sites is 1. The van der Waals surface area contributed by atoms with Gasteiger partial charge in [0.2, 0.25) is 0 Å². The topological polar surface area (TPSA) is 74.0 Å². The van der Waals surface area contributed by atoms with Crippen LogP contribution in [0.25, 0.3) is 10.2 Å². The standard InChI is InChI=1S/C23H22N2O5S/c1-4-29-19-8-5-9-20-21(19)24-23(31-20)25(14-16-7-6-12-30-16)22(26)17-13-15(27-2)10-11-18(17)28-3/h5-13H,4,14H2,1-3H3. The van der Waals surface area contributed by atoms with E-state index in [0.717, 1.165) is 10.2 Å². The Morgan fingerprint density at radius 1 is 1.10 bits per heavy atom. The Labute approximate surface area is 183 Å². The molecule has 0 radical (unpaired) electrons. The smallest absolute Gasteiger partial charge is 0.264 e. The summed E-state index contributed by atoms with van der Waals surface area (Å²) in [6.07, 6.45) is 1.58. The van der Waals surface area contributed by atoms with Crippen LogP contribution >= 0.6 is 11.3 Å². The number of hydrogen-bond donors (Lipinski definition) is 0.